The van der Waals surface area contributed by atoms with Gasteiger partial charge in [0.1, 0.15) is 0 Å². The third kappa shape index (κ3) is 5.11. The Kier molecular flexibility index (Phi) is 6.45. The SMILES string of the molecule is CCS(=O)(=O)c1ccccc1NC(=O)CSCc1cccc(C)c1. The molecule has 0 fully saturated rings. The summed E-state index contributed by atoms with van der Waals surface area (Å²) in [6, 6.07) is 14.7. The molecule has 24 heavy (non-hydrogen) atoms. The van der Waals surface area contributed by atoms with E-state index < -0.39 is 9.84 Å². The number of benzene rings is 2. The highest BCUT2D eigenvalue weighted by Gasteiger charge is 2.17. The molecule has 0 saturated heterocycles. The first kappa shape index (κ1) is 18.5. The van der Waals surface area contributed by atoms with Crippen molar-refractivity contribution in [3.8, 4) is 0 Å². The Balaban J connectivity index is 1.96. The minimum Gasteiger partial charge on any atom is -0.324 e. The molecule has 0 aromatic heterocycles. The third-order valence-electron chi connectivity index (χ3n) is 3.46. The Morgan fingerprint density at radius 2 is 1.88 bits per heavy atom. The van der Waals surface area contributed by atoms with Crippen LogP contribution in [0.25, 0.3) is 0 Å². The molecule has 0 bridgehead atoms. The molecule has 0 aliphatic rings. The van der Waals surface area contributed by atoms with Crippen molar-refractivity contribution < 1.29 is 13.2 Å². The minimum atomic E-state index is -3.36. The molecule has 1 N–H and O–H groups in total. The van der Waals surface area contributed by atoms with Crippen LogP contribution >= 0.6 is 11.8 Å². The number of carbonyl (C=O) groups is 1. The van der Waals surface area contributed by atoms with Gasteiger partial charge in [0.05, 0.1) is 22.1 Å². The largest absolute Gasteiger partial charge is 0.324 e. The highest BCUT2D eigenvalue weighted by Crippen LogP contribution is 2.22. The molecular weight excluding hydrogens is 342 g/mol. The number of thioether (sulfide) groups is 1. The van der Waals surface area contributed by atoms with Crippen molar-refractivity contribution >= 4 is 33.2 Å². The highest BCUT2D eigenvalue weighted by molar-refractivity contribution is 7.99. The van der Waals surface area contributed by atoms with Crippen LogP contribution in [0, 0.1) is 6.92 Å². The second kappa shape index (κ2) is 8.35. The van der Waals surface area contributed by atoms with E-state index in [1.165, 1.54) is 29.0 Å². The lowest BCUT2D eigenvalue weighted by molar-refractivity contribution is -0.113. The maximum atomic E-state index is 12.1. The number of nitrogens with one attached hydrogen (secondary N) is 1. The molecule has 0 heterocycles. The maximum Gasteiger partial charge on any atom is 0.234 e. The number of anilines is 1. The van der Waals surface area contributed by atoms with Crippen LogP contribution in [-0.4, -0.2) is 25.8 Å². The van der Waals surface area contributed by atoms with Crippen LogP contribution in [0.3, 0.4) is 0 Å². The number of amides is 1. The fourth-order valence-electron chi connectivity index (χ4n) is 2.25. The topological polar surface area (TPSA) is 63.2 Å². The van der Waals surface area contributed by atoms with Gasteiger partial charge in [-0.15, -0.1) is 11.8 Å². The highest BCUT2D eigenvalue weighted by atomic mass is 32.2. The van der Waals surface area contributed by atoms with Crippen molar-refractivity contribution in [3.63, 3.8) is 0 Å². The first-order chi connectivity index (χ1) is 11.4. The van der Waals surface area contributed by atoms with Crippen LogP contribution in [0.5, 0.6) is 0 Å². The Bertz CT molecular complexity index is 817. The molecule has 0 unspecified atom stereocenters. The summed E-state index contributed by atoms with van der Waals surface area (Å²) in [5.41, 5.74) is 2.71. The standard InChI is InChI=1S/C18H21NO3S2/c1-3-24(21,22)17-10-5-4-9-16(17)19-18(20)13-23-12-15-8-6-7-14(2)11-15/h4-11H,3,12-13H2,1-2H3,(H,19,20). The Hall–Kier alpha value is -1.79. The summed E-state index contributed by atoms with van der Waals surface area (Å²) in [5.74, 6) is 0.812. The van der Waals surface area contributed by atoms with Crippen molar-refractivity contribution in [1.82, 2.24) is 0 Å². The van der Waals surface area contributed by atoms with E-state index in [1.54, 1.807) is 25.1 Å². The monoisotopic (exact) mass is 363 g/mol. The van der Waals surface area contributed by atoms with Gasteiger partial charge in [-0.2, -0.15) is 0 Å². The summed E-state index contributed by atoms with van der Waals surface area (Å²) in [4.78, 5) is 12.3. The van der Waals surface area contributed by atoms with Crippen LogP contribution in [0.2, 0.25) is 0 Å². The summed E-state index contributed by atoms with van der Waals surface area (Å²) in [7, 11) is -3.36. The summed E-state index contributed by atoms with van der Waals surface area (Å²) in [5, 5.41) is 2.71. The summed E-state index contributed by atoms with van der Waals surface area (Å²) in [6.45, 7) is 3.62. The van der Waals surface area contributed by atoms with Crippen LogP contribution in [0.1, 0.15) is 18.1 Å². The molecule has 4 nitrogen and oxygen atoms in total. The molecule has 0 aliphatic carbocycles. The lowest BCUT2D eigenvalue weighted by Crippen LogP contribution is -2.17. The Morgan fingerprint density at radius 1 is 1.12 bits per heavy atom. The zero-order valence-electron chi connectivity index (χ0n) is 13.8. The van der Waals surface area contributed by atoms with Crippen molar-refractivity contribution in [2.45, 2.75) is 24.5 Å². The maximum absolute atomic E-state index is 12.1. The summed E-state index contributed by atoms with van der Waals surface area (Å²) in [6.07, 6.45) is 0. The van der Waals surface area contributed by atoms with Gasteiger partial charge in [0.2, 0.25) is 5.91 Å². The minimum absolute atomic E-state index is 0.00198. The molecular formula is C18H21NO3S2. The van der Waals surface area contributed by atoms with Crippen molar-refractivity contribution in [3.05, 3.63) is 59.7 Å². The van der Waals surface area contributed by atoms with Gasteiger partial charge in [-0.25, -0.2) is 8.42 Å². The molecule has 0 saturated carbocycles. The molecule has 128 valence electrons. The average molecular weight is 364 g/mol. The van der Waals surface area contributed by atoms with E-state index in [-0.39, 0.29) is 22.3 Å². The number of sulfone groups is 1. The second-order valence-electron chi connectivity index (χ2n) is 5.43. The number of hydrogen-bond acceptors (Lipinski definition) is 4. The molecule has 6 heteroatoms. The van der Waals surface area contributed by atoms with E-state index in [0.717, 1.165) is 5.75 Å². The lowest BCUT2D eigenvalue weighted by Gasteiger charge is -2.10. The van der Waals surface area contributed by atoms with E-state index in [4.69, 9.17) is 0 Å². The summed E-state index contributed by atoms with van der Waals surface area (Å²) < 4.78 is 24.2. The van der Waals surface area contributed by atoms with Gasteiger partial charge < -0.3 is 5.32 Å². The zero-order valence-corrected chi connectivity index (χ0v) is 15.4. The fraction of sp³-hybridized carbons (Fsp3) is 0.278. The second-order valence-corrected chi connectivity index (χ2v) is 8.66. The van der Waals surface area contributed by atoms with Crippen molar-refractivity contribution in [2.75, 3.05) is 16.8 Å². The lowest BCUT2D eigenvalue weighted by atomic mass is 10.2. The van der Waals surface area contributed by atoms with Gasteiger partial charge in [0, 0.05) is 5.75 Å². The number of hydrogen-bond donors (Lipinski definition) is 1. The number of carbonyl (C=O) groups excluding carboxylic acids is 1. The van der Waals surface area contributed by atoms with Crippen LogP contribution in [-0.2, 0) is 20.4 Å². The average Bonchev–Trinajstić information content (AvgIpc) is 2.55. The molecule has 0 aliphatic heterocycles. The number of para-hydroxylation sites is 1. The van der Waals surface area contributed by atoms with E-state index in [1.807, 2.05) is 25.1 Å². The van der Waals surface area contributed by atoms with Gasteiger partial charge >= 0.3 is 0 Å². The van der Waals surface area contributed by atoms with Gasteiger partial charge in [-0.3, -0.25) is 4.79 Å². The molecule has 2 aromatic rings. The predicted octanol–water partition coefficient (Wildman–Crippen LogP) is 3.66. The van der Waals surface area contributed by atoms with E-state index >= 15 is 0 Å². The Labute approximate surface area is 147 Å². The van der Waals surface area contributed by atoms with Crippen molar-refractivity contribution in [2.24, 2.45) is 0 Å². The van der Waals surface area contributed by atoms with Gasteiger partial charge in [0.25, 0.3) is 0 Å². The molecule has 2 rings (SSSR count). The van der Waals surface area contributed by atoms with E-state index in [2.05, 4.69) is 11.4 Å². The van der Waals surface area contributed by atoms with Crippen LogP contribution in [0.15, 0.2) is 53.4 Å². The smallest absolute Gasteiger partial charge is 0.234 e. The predicted molar refractivity (Wildman–Crippen MR) is 100 cm³/mol. The normalized spacial score (nSPS) is 11.2. The molecule has 1 amide bonds. The quantitative estimate of drug-likeness (QED) is 0.815. The van der Waals surface area contributed by atoms with Gasteiger partial charge in [-0.05, 0) is 24.6 Å². The Morgan fingerprint density at radius 3 is 2.58 bits per heavy atom. The van der Waals surface area contributed by atoms with Crippen LogP contribution in [0.4, 0.5) is 5.69 Å². The van der Waals surface area contributed by atoms with Crippen LogP contribution < -0.4 is 5.32 Å². The molecule has 0 atom stereocenters. The van der Waals surface area contributed by atoms with E-state index in [0.29, 0.717) is 5.69 Å². The van der Waals surface area contributed by atoms with Gasteiger partial charge in [-0.1, -0.05) is 48.9 Å². The number of aryl methyl sites for hydroxylation is 1. The van der Waals surface area contributed by atoms with Gasteiger partial charge in [0.15, 0.2) is 9.84 Å². The molecule has 2 aromatic carbocycles. The first-order valence-electron chi connectivity index (χ1n) is 7.67. The zero-order chi connectivity index (χ0) is 17.6. The third-order valence-corrected chi connectivity index (χ3v) is 6.25. The van der Waals surface area contributed by atoms with E-state index in [9.17, 15) is 13.2 Å². The van der Waals surface area contributed by atoms with Crippen molar-refractivity contribution in [1.29, 1.82) is 0 Å². The number of rotatable bonds is 7. The summed E-state index contributed by atoms with van der Waals surface area (Å²) >= 11 is 1.50. The fourth-order valence-corrected chi connectivity index (χ4v) is 4.07. The first-order valence-corrected chi connectivity index (χ1v) is 10.5. The molecule has 0 spiro atoms. The molecule has 0 radical (unpaired) electrons.